The highest BCUT2D eigenvalue weighted by molar-refractivity contribution is 7.20. The molecule has 0 spiro atoms. The number of aliphatic carboxylic acids is 1. The fourth-order valence-electron chi connectivity index (χ4n) is 1.36. The highest BCUT2D eigenvalue weighted by atomic mass is 32.1. The molecule has 2 aromatic rings. The van der Waals surface area contributed by atoms with Crippen molar-refractivity contribution >= 4 is 33.4 Å². The summed E-state index contributed by atoms with van der Waals surface area (Å²) in [5.74, 6) is -0.922. The number of carboxylic acid groups (broad SMARTS) is 1. The molecule has 7 heteroatoms. The van der Waals surface area contributed by atoms with Gasteiger partial charge in [-0.3, -0.25) is 9.59 Å². The zero-order chi connectivity index (χ0) is 13.1. The Morgan fingerprint density at radius 1 is 1.50 bits per heavy atom. The number of thiazole rings is 1. The van der Waals surface area contributed by atoms with Crippen molar-refractivity contribution in [3.63, 3.8) is 0 Å². The van der Waals surface area contributed by atoms with Crippen molar-refractivity contribution in [2.45, 2.75) is 0 Å². The molecule has 0 saturated carbocycles. The number of fused-ring (bicyclic) bond motifs is 1. The molecule has 0 saturated heterocycles. The van der Waals surface area contributed by atoms with E-state index in [0.29, 0.717) is 11.3 Å². The third kappa shape index (κ3) is 2.57. The Hall–Kier alpha value is -2.15. The Balaban J connectivity index is 2.24. The van der Waals surface area contributed by atoms with E-state index in [2.05, 4.69) is 10.3 Å². The molecule has 94 valence electrons. The maximum Gasteiger partial charge on any atom is 0.322 e. The van der Waals surface area contributed by atoms with Gasteiger partial charge in [-0.2, -0.15) is 0 Å². The second kappa shape index (κ2) is 5.01. The van der Waals surface area contributed by atoms with Gasteiger partial charge >= 0.3 is 5.97 Å². The summed E-state index contributed by atoms with van der Waals surface area (Å²) >= 11 is 1.20. The standard InChI is InChI=1S/C11H10N2O4S/c1-17-6-2-3-8-7(4-6)13-11(18-8)10(16)12-5-9(14)15/h2-4H,5H2,1H3,(H,12,16)(H,14,15). The van der Waals surface area contributed by atoms with E-state index in [1.54, 1.807) is 25.3 Å². The fourth-order valence-corrected chi connectivity index (χ4v) is 2.23. The maximum atomic E-state index is 11.6. The van der Waals surface area contributed by atoms with E-state index in [-0.39, 0.29) is 5.01 Å². The number of hydrogen-bond donors (Lipinski definition) is 2. The molecule has 0 atom stereocenters. The van der Waals surface area contributed by atoms with Gasteiger partial charge in [-0.1, -0.05) is 0 Å². The SMILES string of the molecule is COc1ccc2sc(C(=O)NCC(=O)O)nc2c1. The summed E-state index contributed by atoms with van der Waals surface area (Å²) in [5, 5.41) is 11.0. The van der Waals surface area contributed by atoms with Crippen LogP contribution in [0.25, 0.3) is 10.2 Å². The van der Waals surface area contributed by atoms with Crippen LogP contribution in [0, 0.1) is 0 Å². The molecule has 1 aromatic carbocycles. The number of nitrogens with zero attached hydrogens (tertiary/aromatic N) is 1. The molecule has 0 aliphatic heterocycles. The quantitative estimate of drug-likeness (QED) is 0.865. The van der Waals surface area contributed by atoms with Crippen LogP contribution in [0.15, 0.2) is 18.2 Å². The van der Waals surface area contributed by atoms with Gasteiger partial charge in [0, 0.05) is 6.07 Å². The predicted molar refractivity (Wildman–Crippen MR) is 66.1 cm³/mol. The van der Waals surface area contributed by atoms with E-state index in [1.165, 1.54) is 11.3 Å². The van der Waals surface area contributed by atoms with Gasteiger partial charge in [0.15, 0.2) is 5.01 Å². The monoisotopic (exact) mass is 266 g/mol. The first-order valence-corrected chi connectivity index (χ1v) is 5.86. The van der Waals surface area contributed by atoms with E-state index in [9.17, 15) is 9.59 Å². The molecular formula is C11H10N2O4S. The molecule has 0 aliphatic rings. The van der Waals surface area contributed by atoms with Gasteiger partial charge in [-0.25, -0.2) is 4.98 Å². The van der Waals surface area contributed by atoms with Crippen LogP contribution < -0.4 is 10.1 Å². The Morgan fingerprint density at radius 2 is 2.28 bits per heavy atom. The average Bonchev–Trinajstić information content (AvgIpc) is 2.78. The largest absolute Gasteiger partial charge is 0.497 e. The molecule has 2 rings (SSSR count). The summed E-state index contributed by atoms with van der Waals surface area (Å²) in [6.07, 6.45) is 0. The second-order valence-corrected chi connectivity index (χ2v) is 4.46. The normalized spacial score (nSPS) is 10.3. The number of methoxy groups -OCH3 is 1. The summed E-state index contributed by atoms with van der Waals surface area (Å²) in [6.45, 7) is -0.419. The third-order valence-electron chi connectivity index (χ3n) is 2.19. The first-order chi connectivity index (χ1) is 8.60. The van der Waals surface area contributed by atoms with Crippen molar-refractivity contribution in [1.29, 1.82) is 0 Å². The van der Waals surface area contributed by atoms with E-state index >= 15 is 0 Å². The van der Waals surface area contributed by atoms with Crippen molar-refractivity contribution in [2.24, 2.45) is 0 Å². The van der Waals surface area contributed by atoms with Gasteiger partial charge in [0.1, 0.15) is 12.3 Å². The number of carboxylic acids is 1. The fraction of sp³-hybridized carbons (Fsp3) is 0.182. The van der Waals surface area contributed by atoms with E-state index in [0.717, 1.165) is 4.70 Å². The molecule has 18 heavy (non-hydrogen) atoms. The molecule has 6 nitrogen and oxygen atoms in total. The highest BCUT2D eigenvalue weighted by Crippen LogP contribution is 2.25. The minimum atomic E-state index is -1.09. The van der Waals surface area contributed by atoms with Gasteiger partial charge < -0.3 is 15.2 Å². The number of carbonyl (C=O) groups excluding carboxylic acids is 1. The Kier molecular flexibility index (Phi) is 3.42. The van der Waals surface area contributed by atoms with Crippen molar-refractivity contribution in [1.82, 2.24) is 10.3 Å². The lowest BCUT2D eigenvalue weighted by Gasteiger charge is -1.97. The number of ether oxygens (including phenoxy) is 1. The van der Waals surface area contributed by atoms with Crippen molar-refractivity contribution in [2.75, 3.05) is 13.7 Å². The molecule has 1 heterocycles. The zero-order valence-corrected chi connectivity index (χ0v) is 10.3. The van der Waals surface area contributed by atoms with Gasteiger partial charge in [0.25, 0.3) is 5.91 Å². The molecule has 0 fully saturated rings. The minimum absolute atomic E-state index is 0.236. The van der Waals surface area contributed by atoms with Crippen molar-refractivity contribution in [3.05, 3.63) is 23.2 Å². The van der Waals surface area contributed by atoms with E-state index in [4.69, 9.17) is 9.84 Å². The molecule has 0 unspecified atom stereocenters. The van der Waals surface area contributed by atoms with Gasteiger partial charge in [0.05, 0.1) is 17.3 Å². The van der Waals surface area contributed by atoms with Gasteiger partial charge in [0.2, 0.25) is 0 Å². The first-order valence-electron chi connectivity index (χ1n) is 5.04. The molecule has 1 aromatic heterocycles. The molecule has 1 amide bonds. The number of carbonyl (C=O) groups is 2. The first kappa shape index (κ1) is 12.3. The number of nitrogens with one attached hydrogen (secondary N) is 1. The highest BCUT2D eigenvalue weighted by Gasteiger charge is 2.13. The number of benzene rings is 1. The topological polar surface area (TPSA) is 88.5 Å². The van der Waals surface area contributed by atoms with Crippen LogP contribution in [0.4, 0.5) is 0 Å². The van der Waals surface area contributed by atoms with Crippen LogP contribution in [0.1, 0.15) is 9.80 Å². The smallest absolute Gasteiger partial charge is 0.322 e. The van der Waals surface area contributed by atoms with Crippen molar-refractivity contribution < 1.29 is 19.4 Å². The maximum absolute atomic E-state index is 11.6. The summed E-state index contributed by atoms with van der Waals surface area (Å²) in [6, 6.07) is 5.30. The van der Waals surface area contributed by atoms with Crippen LogP contribution in [0.2, 0.25) is 0 Å². The third-order valence-corrected chi connectivity index (χ3v) is 3.22. The Morgan fingerprint density at radius 3 is 2.94 bits per heavy atom. The zero-order valence-electron chi connectivity index (χ0n) is 9.47. The summed E-state index contributed by atoms with van der Waals surface area (Å²) in [4.78, 5) is 26.1. The van der Waals surface area contributed by atoms with Gasteiger partial charge in [-0.05, 0) is 12.1 Å². The van der Waals surface area contributed by atoms with Crippen molar-refractivity contribution in [3.8, 4) is 5.75 Å². The van der Waals surface area contributed by atoms with Gasteiger partial charge in [-0.15, -0.1) is 11.3 Å². The number of rotatable bonds is 4. The molecule has 0 radical (unpaired) electrons. The summed E-state index contributed by atoms with van der Waals surface area (Å²) in [5.41, 5.74) is 0.653. The number of hydrogen-bond acceptors (Lipinski definition) is 5. The van der Waals surface area contributed by atoms with Crippen LogP contribution >= 0.6 is 11.3 Å². The van der Waals surface area contributed by atoms with Crippen LogP contribution in [0.3, 0.4) is 0 Å². The predicted octanol–water partition coefficient (Wildman–Crippen LogP) is 1.12. The van der Waals surface area contributed by atoms with E-state index in [1.807, 2.05) is 0 Å². The minimum Gasteiger partial charge on any atom is -0.497 e. The molecular weight excluding hydrogens is 256 g/mol. The van der Waals surface area contributed by atoms with Crippen LogP contribution in [0.5, 0.6) is 5.75 Å². The molecule has 2 N–H and O–H groups in total. The Labute approximate surface area is 106 Å². The lowest BCUT2D eigenvalue weighted by atomic mass is 10.3. The molecule has 0 aliphatic carbocycles. The Bertz CT molecular complexity index is 608. The number of amides is 1. The lowest BCUT2D eigenvalue weighted by molar-refractivity contribution is -0.135. The lowest BCUT2D eigenvalue weighted by Crippen LogP contribution is -2.29. The average molecular weight is 266 g/mol. The number of aromatic nitrogens is 1. The van der Waals surface area contributed by atoms with E-state index < -0.39 is 18.4 Å². The second-order valence-electron chi connectivity index (χ2n) is 3.43. The van der Waals surface area contributed by atoms with Crippen LogP contribution in [-0.2, 0) is 4.79 Å². The molecule has 0 bridgehead atoms. The van der Waals surface area contributed by atoms with Crippen LogP contribution in [-0.4, -0.2) is 35.6 Å². The summed E-state index contributed by atoms with van der Waals surface area (Å²) in [7, 11) is 1.55. The summed E-state index contributed by atoms with van der Waals surface area (Å²) < 4.78 is 5.90.